The van der Waals surface area contributed by atoms with E-state index in [2.05, 4.69) is 10.3 Å². The van der Waals surface area contributed by atoms with Gasteiger partial charge in [0, 0.05) is 25.5 Å². The summed E-state index contributed by atoms with van der Waals surface area (Å²) < 4.78 is 0. The van der Waals surface area contributed by atoms with Gasteiger partial charge in [-0.3, -0.25) is 4.98 Å². The SMILES string of the molecule is CC[C@@H](NC(=O)N(CC)Cc1ccncc1)C(=O)O. The van der Waals surface area contributed by atoms with Gasteiger partial charge in [0.1, 0.15) is 6.04 Å². The zero-order chi connectivity index (χ0) is 14.3. The largest absolute Gasteiger partial charge is 0.480 e. The summed E-state index contributed by atoms with van der Waals surface area (Å²) in [4.78, 5) is 28.3. The smallest absolute Gasteiger partial charge is 0.326 e. The van der Waals surface area contributed by atoms with Gasteiger partial charge in [-0.15, -0.1) is 0 Å². The van der Waals surface area contributed by atoms with E-state index in [1.807, 2.05) is 19.1 Å². The molecule has 0 radical (unpaired) electrons. The summed E-state index contributed by atoms with van der Waals surface area (Å²) in [5.74, 6) is -1.02. The first kappa shape index (κ1) is 14.9. The molecule has 1 atom stereocenters. The highest BCUT2D eigenvalue weighted by molar-refractivity contribution is 5.82. The summed E-state index contributed by atoms with van der Waals surface area (Å²) in [6, 6.07) is 2.43. The topological polar surface area (TPSA) is 82.5 Å². The zero-order valence-corrected chi connectivity index (χ0v) is 11.2. The van der Waals surface area contributed by atoms with Crippen molar-refractivity contribution in [2.45, 2.75) is 32.9 Å². The number of amides is 2. The Morgan fingerprint density at radius 1 is 1.37 bits per heavy atom. The van der Waals surface area contributed by atoms with Crippen molar-refractivity contribution in [2.75, 3.05) is 6.54 Å². The molecule has 19 heavy (non-hydrogen) atoms. The van der Waals surface area contributed by atoms with Crippen LogP contribution in [0.2, 0.25) is 0 Å². The Balaban J connectivity index is 2.64. The summed E-state index contributed by atoms with van der Waals surface area (Å²) in [6.45, 7) is 4.51. The Labute approximate surface area is 112 Å². The molecule has 0 spiro atoms. The molecular formula is C13H19N3O3. The van der Waals surface area contributed by atoms with Gasteiger partial charge in [0.15, 0.2) is 0 Å². The molecule has 0 fully saturated rings. The van der Waals surface area contributed by atoms with Crippen molar-refractivity contribution in [3.63, 3.8) is 0 Å². The van der Waals surface area contributed by atoms with Crippen molar-refractivity contribution >= 4 is 12.0 Å². The van der Waals surface area contributed by atoms with Crippen LogP contribution in [0.5, 0.6) is 0 Å². The predicted molar refractivity (Wildman–Crippen MR) is 70.6 cm³/mol. The summed E-state index contributed by atoms with van der Waals surface area (Å²) in [5, 5.41) is 11.4. The number of pyridine rings is 1. The molecule has 1 rings (SSSR count). The van der Waals surface area contributed by atoms with Crippen molar-refractivity contribution in [1.29, 1.82) is 0 Å². The second-order valence-electron chi connectivity index (χ2n) is 4.12. The lowest BCUT2D eigenvalue weighted by atomic mass is 10.2. The maximum Gasteiger partial charge on any atom is 0.326 e. The minimum Gasteiger partial charge on any atom is -0.480 e. The molecule has 6 heteroatoms. The van der Waals surface area contributed by atoms with Crippen molar-refractivity contribution in [2.24, 2.45) is 0 Å². The normalized spacial score (nSPS) is 11.7. The zero-order valence-electron chi connectivity index (χ0n) is 11.2. The first-order valence-electron chi connectivity index (χ1n) is 6.25. The molecule has 0 aromatic carbocycles. The third-order valence-corrected chi connectivity index (χ3v) is 2.80. The minimum atomic E-state index is -1.02. The van der Waals surface area contributed by atoms with E-state index in [1.165, 1.54) is 0 Å². The van der Waals surface area contributed by atoms with Crippen molar-refractivity contribution in [1.82, 2.24) is 15.2 Å². The average Bonchev–Trinajstić information content (AvgIpc) is 2.42. The van der Waals surface area contributed by atoms with E-state index in [4.69, 9.17) is 5.11 Å². The summed E-state index contributed by atoms with van der Waals surface area (Å²) in [7, 11) is 0. The lowest BCUT2D eigenvalue weighted by Gasteiger charge is -2.23. The van der Waals surface area contributed by atoms with E-state index in [9.17, 15) is 9.59 Å². The number of hydrogen-bond donors (Lipinski definition) is 2. The van der Waals surface area contributed by atoms with Crippen LogP contribution < -0.4 is 5.32 Å². The Bertz CT molecular complexity index is 422. The highest BCUT2D eigenvalue weighted by Gasteiger charge is 2.20. The van der Waals surface area contributed by atoms with E-state index >= 15 is 0 Å². The van der Waals surface area contributed by atoms with Crippen LogP contribution in [0.1, 0.15) is 25.8 Å². The van der Waals surface area contributed by atoms with E-state index in [0.29, 0.717) is 19.5 Å². The van der Waals surface area contributed by atoms with Gasteiger partial charge in [0.25, 0.3) is 0 Å². The van der Waals surface area contributed by atoms with Gasteiger partial charge in [-0.2, -0.15) is 0 Å². The number of carboxylic acid groups (broad SMARTS) is 1. The van der Waals surface area contributed by atoms with Crippen LogP contribution in [-0.2, 0) is 11.3 Å². The first-order valence-corrected chi connectivity index (χ1v) is 6.25. The Kier molecular flexibility index (Phi) is 5.78. The molecule has 6 nitrogen and oxygen atoms in total. The predicted octanol–water partition coefficient (Wildman–Crippen LogP) is 1.48. The molecule has 2 N–H and O–H groups in total. The highest BCUT2D eigenvalue weighted by atomic mass is 16.4. The number of aromatic nitrogens is 1. The number of nitrogens with zero attached hydrogens (tertiary/aromatic N) is 2. The fraction of sp³-hybridized carbons (Fsp3) is 0.462. The Morgan fingerprint density at radius 3 is 2.47 bits per heavy atom. The number of urea groups is 1. The number of carbonyl (C=O) groups excluding carboxylic acids is 1. The number of hydrogen-bond acceptors (Lipinski definition) is 3. The first-order chi connectivity index (χ1) is 9.08. The van der Waals surface area contributed by atoms with Gasteiger partial charge in [-0.25, -0.2) is 9.59 Å². The van der Waals surface area contributed by atoms with Crippen molar-refractivity contribution in [3.05, 3.63) is 30.1 Å². The second-order valence-corrected chi connectivity index (χ2v) is 4.12. The van der Waals surface area contributed by atoms with Gasteiger partial charge in [-0.1, -0.05) is 6.92 Å². The van der Waals surface area contributed by atoms with Crippen LogP contribution in [0.3, 0.4) is 0 Å². The molecule has 0 saturated carbocycles. The van der Waals surface area contributed by atoms with Crippen molar-refractivity contribution < 1.29 is 14.7 Å². The van der Waals surface area contributed by atoms with Crippen LogP contribution in [0, 0.1) is 0 Å². The van der Waals surface area contributed by atoms with E-state index in [0.717, 1.165) is 5.56 Å². The summed E-state index contributed by atoms with van der Waals surface area (Å²) in [6.07, 6.45) is 3.67. The molecule has 1 aromatic rings. The fourth-order valence-electron chi connectivity index (χ4n) is 1.61. The summed E-state index contributed by atoms with van der Waals surface area (Å²) >= 11 is 0. The second kappa shape index (κ2) is 7.35. The van der Waals surface area contributed by atoms with Crippen LogP contribution in [0.15, 0.2) is 24.5 Å². The maximum atomic E-state index is 12.0. The average molecular weight is 265 g/mol. The van der Waals surface area contributed by atoms with Crippen LogP contribution in [-0.4, -0.2) is 39.6 Å². The van der Waals surface area contributed by atoms with E-state index in [1.54, 1.807) is 24.2 Å². The van der Waals surface area contributed by atoms with Crippen LogP contribution >= 0.6 is 0 Å². The number of carbonyl (C=O) groups is 2. The van der Waals surface area contributed by atoms with E-state index < -0.39 is 12.0 Å². The molecule has 0 aliphatic rings. The van der Waals surface area contributed by atoms with Gasteiger partial charge in [0.05, 0.1) is 0 Å². The standard InChI is InChI=1S/C13H19N3O3/c1-3-11(12(17)18)15-13(19)16(4-2)9-10-5-7-14-8-6-10/h5-8,11H,3-4,9H2,1-2H3,(H,15,19)(H,17,18)/t11-/m1/s1. The molecule has 0 saturated heterocycles. The number of aliphatic carboxylic acids is 1. The molecule has 1 heterocycles. The molecule has 1 aromatic heterocycles. The van der Waals surface area contributed by atoms with Gasteiger partial charge in [0.2, 0.25) is 0 Å². The third kappa shape index (κ3) is 4.57. The summed E-state index contributed by atoms with van der Waals surface area (Å²) in [5.41, 5.74) is 0.954. The van der Waals surface area contributed by atoms with Gasteiger partial charge < -0.3 is 15.3 Å². The minimum absolute atomic E-state index is 0.355. The quantitative estimate of drug-likeness (QED) is 0.816. The fourth-order valence-corrected chi connectivity index (χ4v) is 1.61. The highest BCUT2D eigenvalue weighted by Crippen LogP contribution is 2.04. The van der Waals surface area contributed by atoms with Crippen LogP contribution in [0.4, 0.5) is 4.79 Å². The number of carboxylic acids is 1. The molecule has 2 amide bonds. The maximum absolute atomic E-state index is 12.0. The monoisotopic (exact) mass is 265 g/mol. The number of rotatable bonds is 6. The van der Waals surface area contributed by atoms with E-state index in [-0.39, 0.29) is 6.03 Å². The third-order valence-electron chi connectivity index (χ3n) is 2.80. The lowest BCUT2D eigenvalue weighted by Crippen LogP contribution is -2.47. The van der Waals surface area contributed by atoms with Crippen LogP contribution in [0.25, 0.3) is 0 Å². The molecule has 0 unspecified atom stereocenters. The molecule has 0 bridgehead atoms. The Hall–Kier alpha value is -2.11. The lowest BCUT2D eigenvalue weighted by molar-refractivity contribution is -0.139. The molecular weight excluding hydrogens is 246 g/mol. The van der Waals surface area contributed by atoms with Gasteiger partial charge >= 0.3 is 12.0 Å². The van der Waals surface area contributed by atoms with Crippen molar-refractivity contribution in [3.8, 4) is 0 Å². The molecule has 104 valence electrons. The number of nitrogens with one attached hydrogen (secondary N) is 1. The molecule has 0 aliphatic heterocycles. The molecule has 0 aliphatic carbocycles. The van der Waals surface area contributed by atoms with Gasteiger partial charge in [-0.05, 0) is 31.0 Å². The Morgan fingerprint density at radius 2 is 2.00 bits per heavy atom.